The minimum atomic E-state index is 0.300. The molecule has 0 aliphatic heterocycles. The number of hydrogen-bond donors (Lipinski definition) is 0. The van der Waals surface area contributed by atoms with Gasteiger partial charge in [0.2, 0.25) is 0 Å². The Morgan fingerprint density at radius 1 is 1.40 bits per heavy atom. The quantitative estimate of drug-likeness (QED) is 0.699. The molecule has 0 spiro atoms. The van der Waals surface area contributed by atoms with Gasteiger partial charge >= 0.3 is 0 Å². The zero-order valence-electron chi connectivity index (χ0n) is 9.91. The molecule has 1 aromatic heterocycles. The molecule has 3 heteroatoms. The third-order valence-electron chi connectivity index (χ3n) is 2.50. The molecule has 0 aliphatic rings. The molecular formula is C12H19NO2. The minimum absolute atomic E-state index is 0.300. The minimum Gasteiger partial charge on any atom is -0.456 e. The van der Waals surface area contributed by atoms with E-state index in [2.05, 4.69) is 32.6 Å². The lowest BCUT2D eigenvalue weighted by molar-refractivity contribution is 0.109. The van der Waals surface area contributed by atoms with Crippen LogP contribution in [0, 0.1) is 0 Å². The summed E-state index contributed by atoms with van der Waals surface area (Å²) in [5, 5.41) is 0. The van der Waals surface area contributed by atoms with E-state index in [0.717, 1.165) is 30.8 Å². The molecule has 0 saturated carbocycles. The maximum atomic E-state index is 10.7. The Morgan fingerprint density at radius 2 is 2.00 bits per heavy atom. The number of anilines is 1. The summed E-state index contributed by atoms with van der Waals surface area (Å²) in [6.45, 7) is 10.2. The number of hydrogen-bond acceptors (Lipinski definition) is 3. The normalized spacial score (nSPS) is 10.7. The van der Waals surface area contributed by atoms with Gasteiger partial charge in [0, 0.05) is 25.1 Å². The number of carbonyl (C=O) groups excluding carboxylic acids is 1. The van der Waals surface area contributed by atoms with Crippen LogP contribution in [0.2, 0.25) is 0 Å². The standard InChI is InChI=1S/C12H19NO2/c1-5-13(6-2)11-7-10(8-14)15-12(11)9(3)4/h7-9H,5-6H2,1-4H3. The van der Waals surface area contributed by atoms with Gasteiger partial charge in [-0.3, -0.25) is 4.79 Å². The highest BCUT2D eigenvalue weighted by Gasteiger charge is 2.17. The van der Waals surface area contributed by atoms with Gasteiger partial charge < -0.3 is 9.32 Å². The van der Waals surface area contributed by atoms with Crippen LogP contribution in [0.15, 0.2) is 10.5 Å². The van der Waals surface area contributed by atoms with E-state index in [4.69, 9.17) is 4.42 Å². The molecule has 0 amide bonds. The smallest absolute Gasteiger partial charge is 0.185 e. The highest BCUT2D eigenvalue weighted by molar-refractivity contribution is 5.74. The van der Waals surface area contributed by atoms with Crippen molar-refractivity contribution in [1.82, 2.24) is 0 Å². The molecule has 0 bridgehead atoms. The van der Waals surface area contributed by atoms with E-state index in [1.807, 2.05) is 6.07 Å². The van der Waals surface area contributed by atoms with Gasteiger partial charge in [-0.1, -0.05) is 13.8 Å². The average Bonchev–Trinajstić information content (AvgIpc) is 2.64. The SMILES string of the molecule is CCN(CC)c1cc(C=O)oc1C(C)C. The molecule has 0 atom stereocenters. The summed E-state index contributed by atoms with van der Waals surface area (Å²) in [5.74, 6) is 1.62. The maximum absolute atomic E-state index is 10.7. The molecule has 3 nitrogen and oxygen atoms in total. The predicted octanol–water partition coefficient (Wildman–Crippen LogP) is 3.06. The zero-order valence-corrected chi connectivity index (χ0v) is 9.91. The third kappa shape index (κ3) is 2.41. The molecule has 15 heavy (non-hydrogen) atoms. The fourth-order valence-corrected chi connectivity index (χ4v) is 1.70. The van der Waals surface area contributed by atoms with Crippen molar-refractivity contribution in [3.05, 3.63) is 17.6 Å². The molecule has 0 N–H and O–H groups in total. The van der Waals surface area contributed by atoms with Crippen molar-refractivity contribution in [2.45, 2.75) is 33.6 Å². The van der Waals surface area contributed by atoms with Crippen molar-refractivity contribution in [3.8, 4) is 0 Å². The van der Waals surface area contributed by atoms with E-state index in [-0.39, 0.29) is 0 Å². The van der Waals surface area contributed by atoms with Gasteiger partial charge in [0.25, 0.3) is 0 Å². The predicted molar refractivity (Wildman–Crippen MR) is 61.7 cm³/mol. The second-order valence-corrected chi connectivity index (χ2v) is 3.84. The number of furan rings is 1. The second-order valence-electron chi connectivity index (χ2n) is 3.84. The van der Waals surface area contributed by atoms with E-state index in [9.17, 15) is 4.79 Å². The van der Waals surface area contributed by atoms with Crippen molar-refractivity contribution in [2.24, 2.45) is 0 Å². The zero-order chi connectivity index (χ0) is 11.4. The summed E-state index contributed by atoms with van der Waals surface area (Å²) in [6.07, 6.45) is 0.763. The molecule has 0 saturated heterocycles. The van der Waals surface area contributed by atoms with Gasteiger partial charge in [-0.05, 0) is 13.8 Å². The summed E-state index contributed by atoms with van der Waals surface area (Å²) >= 11 is 0. The van der Waals surface area contributed by atoms with Crippen molar-refractivity contribution >= 4 is 12.0 Å². The fourth-order valence-electron chi connectivity index (χ4n) is 1.70. The van der Waals surface area contributed by atoms with E-state index < -0.39 is 0 Å². The second kappa shape index (κ2) is 5.01. The third-order valence-corrected chi connectivity index (χ3v) is 2.50. The van der Waals surface area contributed by atoms with Crippen molar-refractivity contribution < 1.29 is 9.21 Å². The van der Waals surface area contributed by atoms with Gasteiger partial charge in [-0.25, -0.2) is 0 Å². The van der Waals surface area contributed by atoms with Crippen LogP contribution in [0.3, 0.4) is 0 Å². The molecule has 1 rings (SSSR count). The molecule has 84 valence electrons. The van der Waals surface area contributed by atoms with Gasteiger partial charge in [0.15, 0.2) is 12.0 Å². The monoisotopic (exact) mass is 209 g/mol. The highest BCUT2D eigenvalue weighted by atomic mass is 16.3. The fraction of sp³-hybridized carbons (Fsp3) is 0.583. The Balaban J connectivity index is 3.12. The molecule has 0 radical (unpaired) electrons. The van der Waals surface area contributed by atoms with Crippen LogP contribution in [-0.4, -0.2) is 19.4 Å². The molecular weight excluding hydrogens is 190 g/mol. The molecule has 0 aromatic carbocycles. The first-order valence-electron chi connectivity index (χ1n) is 5.47. The van der Waals surface area contributed by atoms with E-state index in [1.165, 1.54) is 0 Å². The Bertz CT molecular complexity index is 324. The van der Waals surface area contributed by atoms with Crippen molar-refractivity contribution in [2.75, 3.05) is 18.0 Å². The van der Waals surface area contributed by atoms with E-state index >= 15 is 0 Å². The molecule has 0 fully saturated rings. The van der Waals surface area contributed by atoms with Gasteiger partial charge in [0.05, 0.1) is 5.69 Å². The van der Waals surface area contributed by atoms with Gasteiger partial charge in [-0.15, -0.1) is 0 Å². The topological polar surface area (TPSA) is 33.5 Å². The van der Waals surface area contributed by atoms with Crippen LogP contribution in [0.1, 0.15) is 49.9 Å². The van der Waals surface area contributed by atoms with Crippen LogP contribution in [0.5, 0.6) is 0 Å². The van der Waals surface area contributed by atoms with E-state index in [0.29, 0.717) is 11.7 Å². The Labute approximate surface area is 91.1 Å². The highest BCUT2D eigenvalue weighted by Crippen LogP contribution is 2.30. The van der Waals surface area contributed by atoms with Gasteiger partial charge in [0.1, 0.15) is 5.76 Å². The lowest BCUT2D eigenvalue weighted by atomic mass is 10.1. The maximum Gasteiger partial charge on any atom is 0.185 e. The Kier molecular flexibility index (Phi) is 3.95. The van der Waals surface area contributed by atoms with E-state index in [1.54, 1.807) is 0 Å². The lowest BCUT2D eigenvalue weighted by Gasteiger charge is -2.21. The summed E-state index contributed by atoms with van der Waals surface area (Å²) < 4.78 is 5.50. The van der Waals surface area contributed by atoms with Crippen LogP contribution < -0.4 is 4.90 Å². The van der Waals surface area contributed by atoms with Crippen molar-refractivity contribution in [1.29, 1.82) is 0 Å². The number of aldehydes is 1. The largest absolute Gasteiger partial charge is 0.456 e. The molecule has 0 unspecified atom stereocenters. The Hall–Kier alpha value is -1.25. The van der Waals surface area contributed by atoms with Crippen molar-refractivity contribution in [3.63, 3.8) is 0 Å². The molecule has 0 aliphatic carbocycles. The summed E-state index contributed by atoms with van der Waals surface area (Å²) in [5.41, 5.74) is 1.05. The van der Waals surface area contributed by atoms with Crippen LogP contribution >= 0.6 is 0 Å². The van der Waals surface area contributed by atoms with Gasteiger partial charge in [-0.2, -0.15) is 0 Å². The van der Waals surface area contributed by atoms with Crippen LogP contribution in [0.25, 0.3) is 0 Å². The summed E-state index contributed by atoms with van der Waals surface area (Å²) in [6, 6.07) is 1.83. The number of nitrogens with zero attached hydrogens (tertiary/aromatic N) is 1. The first-order valence-corrected chi connectivity index (χ1v) is 5.47. The first kappa shape index (κ1) is 11.8. The van der Waals surface area contributed by atoms with Crippen LogP contribution in [0.4, 0.5) is 5.69 Å². The number of rotatable bonds is 5. The van der Waals surface area contributed by atoms with Crippen LogP contribution in [-0.2, 0) is 0 Å². The molecule has 1 heterocycles. The molecule has 1 aromatic rings. The Morgan fingerprint density at radius 3 is 2.40 bits per heavy atom. The number of carbonyl (C=O) groups is 1. The average molecular weight is 209 g/mol. The summed E-state index contributed by atoms with van der Waals surface area (Å²) in [4.78, 5) is 12.9. The first-order chi connectivity index (χ1) is 7.13. The summed E-state index contributed by atoms with van der Waals surface area (Å²) in [7, 11) is 0. The lowest BCUT2D eigenvalue weighted by Crippen LogP contribution is -2.22.